The van der Waals surface area contributed by atoms with Crippen LogP contribution in [-0.4, -0.2) is 26.4 Å². The third-order valence-electron chi connectivity index (χ3n) is 4.01. The van der Waals surface area contributed by atoms with Crippen molar-refractivity contribution < 1.29 is 0 Å². The van der Waals surface area contributed by atoms with Crippen LogP contribution in [0.15, 0.2) is 36.4 Å². The van der Waals surface area contributed by atoms with Crippen molar-refractivity contribution in [3.63, 3.8) is 0 Å². The van der Waals surface area contributed by atoms with Crippen molar-refractivity contribution in [1.29, 1.82) is 0 Å². The maximum Gasteiger partial charge on any atom is 0.178 e. The Bertz CT molecular complexity index is 769. The lowest BCUT2D eigenvalue weighted by Crippen LogP contribution is -2.16. The molecule has 1 fully saturated rings. The van der Waals surface area contributed by atoms with Crippen LogP contribution in [0.3, 0.4) is 0 Å². The van der Waals surface area contributed by atoms with Crippen LogP contribution in [0.1, 0.15) is 30.3 Å². The van der Waals surface area contributed by atoms with Gasteiger partial charge in [-0.05, 0) is 38.4 Å². The first-order valence-electron chi connectivity index (χ1n) is 7.34. The molecular formula is C16H17N5. The number of nitrogens with zero attached hydrogens (tertiary/aromatic N) is 4. The Morgan fingerprint density at radius 2 is 1.95 bits per heavy atom. The van der Waals surface area contributed by atoms with Crippen LogP contribution in [-0.2, 0) is 0 Å². The summed E-state index contributed by atoms with van der Waals surface area (Å²) in [6.07, 6.45) is 2.27. The molecule has 1 aliphatic heterocycles. The summed E-state index contributed by atoms with van der Waals surface area (Å²) in [5.74, 6) is 0.913. The van der Waals surface area contributed by atoms with E-state index >= 15 is 0 Å². The minimum absolute atomic E-state index is 0.265. The predicted octanol–water partition coefficient (Wildman–Crippen LogP) is 2.52. The van der Waals surface area contributed by atoms with Gasteiger partial charge in [0.25, 0.3) is 0 Å². The van der Waals surface area contributed by atoms with Crippen molar-refractivity contribution >= 4 is 5.65 Å². The van der Waals surface area contributed by atoms with Crippen molar-refractivity contribution in [1.82, 2.24) is 25.1 Å². The normalized spacial score (nSPS) is 18.4. The number of hydrogen-bond acceptors (Lipinski definition) is 4. The van der Waals surface area contributed by atoms with Crippen LogP contribution in [0.2, 0.25) is 0 Å². The molecule has 1 atom stereocenters. The van der Waals surface area contributed by atoms with Gasteiger partial charge < -0.3 is 5.32 Å². The van der Waals surface area contributed by atoms with E-state index in [-0.39, 0.29) is 6.04 Å². The average molecular weight is 279 g/mol. The molecule has 1 N–H and O–H groups in total. The number of hydrogen-bond donors (Lipinski definition) is 1. The Kier molecular flexibility index (Phi) is 2.93. The lowest BCUT2D eigenvalue weighted by Gasteiger charge is -2.08. The monoisotopic (exact) mass is 279 g/mol. The minimum atomic E-state index is 0.265. The highest BCUT2D eigenvalue weighted by molar-refractivity contribution is 5.60. The van der Waals surface area contributed by atoms with Crippen molar-refractivity contribution in [2.24, 2.45) is 0 Å². The molecule has 3 heterocycles. The Labute approximate surface area is 123 Å². The van der Waals surface area contributed by atoms with Crippen molar-refractivity contribution in [2.45, 2.75) is 25.8 Å². The molecule has 3 aromatic rings. The molecule has 0 amide bonds. The van der Waals surface area contributed by atoms with Crippen LogP contribution in [0.5, 0.6) is 0 Å². The number of aryl methyl sites for hydroxylation is 1. The van der Waals surface area contributed by atoms with E-state index in [1.54, 1.807) is 0 Å². The third-order valence-corrected chi connectivity index (χ3v) is 4.01. The van der Waals surface area contributed by atoms with Crippen LogP contribution in [0, 0.1) is 6.92 Å². The van der Waals surface area contributed by atoms with Crippen molar-refractivity contribution in [3.05, 3.63) is 47.8 Å². The van der Waals surface area contributed by atoms with Gasteiger partial charge in [-0.3, -0.25) is 0 Å². The first kappa shape index (κ1) is 12.5. The summed E-state index contributed by atoms with van der Waals surface area (Å²) in [5.41, 5.74) is 4.11. The van der Waals surface area contributed by atoms with E-state index in [0.717, 1.165) is 35.7 Å². The second kappa shape index (κ2) is 4.93. The van der Waals surface area contributed by atoms with Gasteiger partial charge in [0, 0.05) is 5.56 Å². The number of nitrogens with one attached hydrogen (secondary N) is 1. The highest BCUT2D eigenvalue weighted by Gasteiger charge is 2.22. The maximum atomic E-state index is 4.73. The highest BCUT2D eigenvalue weighted by atomic mass is 15.4. The van der Waals surface area contributed by atoms with Crippen LogP contribution >= 0.6 is 0 Å². The van der Waals surface area contributed by atoms with Gasteiger partial charge in [-0.15, -0.1) is 10.2 Å². The molecule has 0 saturated carbocycles. The second-order valence-corrected chi connectivity index (χ2v) is 5.56. The summed E-state index contributed by atoms with van der Waals surface area (Å²) in [4.78, 5) is 0. The van der Waals surface area contributed by atoms with E-state index in [0.29, 0.717) is 0 Å². The first-order valence-corrected chi connectivity index (χ1v) is 7.34. The van der Waals surface area contributed by atoms with Gasteiger partial charge >= 0.3 is 0 Å². The zero-order chi connectivity index (χ0) is 14.2. The van der Waals surface area contributed by atoms with Crippen molar-refractivity contribution in [3.8, 4) is 11.3 Å². The number of fused-ring (bicyclic) bond motifs is 1. The Hall–Kier alpha value is -2.27. The van der Waals surface area contributed by atoms with Crippen LogP contribution in [0.4, 0.5) is 0 Å². The molecule has 2 aromatic heterocycles. The van der Waals surface area contributed by atoms with Gasteiger partial charge in [-0.2, -0.15) is 9.61 Å². The molecule has 0 unspecified atom stereocenters. The molecule has 0 bridgehead atoms. The second-order valence-electron chi connectivity index (χ2n) is 5.56. The summed E-state index contributed by atoms with van der Waals surface area (Å²) >= 11 is 0. The van der Waals surface area contributed by atoms with Gasteiger partial charge in [0.1, 0.15) is 0 Å². The predicted molar refractivity (Wildman–Crippen MR) is 80.9 cm³/mol. The Morgan fingerprint density at radius 1 is 1.10 bits per heavy atom. The molecule has 1 saturated heterocycles. The molecule has 106 valence electrons. The molecule has 1 aromatic carbocycles. The van der Waals surface area contributed by atoms with Gasteiger partial charge in [0.05, 0.1) is 11.7 Å². The standard InChI is InChI=1S/C16H17N5/c1-11-4-6-12(7-5-11)13-8-9-15-18-19-16(21(15)20-13)14-3-2-10-17-14/h4-9,14,17H,2-3,10H2,1H3/t14-/m0/s1. The van der Waals surface area contributed by atoms with E-state index < -0.39 is 0 Å². The van der Waals surface area contributed by atoms with Gasteiger partial charge in [-0.25, -0.2) is 0 Å². The van der Waals surface area contributed by atoms with Gasteiger partial charge in [-0.1, -0.05) is 29.8 Å². The fourth-order valence-corrected chi connectivity index (χ4v) is 2.81. The topological polar surface area (TPSA) is 55.1 Å². The highest BCUT2D eigenvalue weighted by Crippen LogP contribution is 2.23. The molecule has 21 heavy (non-hydrogen) atoms. The van der Waals surface area contributed by atoms with E-state index in [2.05, 4.69) is 46.7 Å². The zero-order valence-electron chi connectivity index (χ0n) is 12.0. The molecule has 0 radical (unpaired) electrons. The molecule has 0 spiro atoms. The van der Waals surface area contributed by atoms with E-state index in [1.807, 2.05) is 16.6 Å². The quantitative estimate of drug-likeness (QED) is 0.783. The lowest BCUT2D eigenvalue weighted by atomic mass is 10.1. The van der Waals surface area contributed by atoms with Gasteiger partial charge in [0.15, 0.2) is 11.5 Å². The number of aromatic nitrogens is 4. The fourth-order valence-electron chi connectivity index (χ4n) is 2.81. The largest absolute Gasteiger partial charge is 0.307 e. The summed E-state index contributed by atoms with van der Waals surface area (Å²) < 4.78 is 1.87. The van der Waals surface area contributed by atoms with Crippen LogP contribution < -0.4 is 5.32 Å². The van der Waals surface area contributed by atoms with E-state index in [9.17, 15) is 0 Å². The zero-order valence-corrected chi connectivity index (χ0v) is 12.0. The Morgan fingerprint density at radius 3 is 2.71 bits per heavy atom. The smallest absolute Gasteiger partial charge is 0.178 e. The van der Waals surface area contributed by atoms with Gasteiger partial charge in [0.2, 0.25) is 0 Å². The number of rotatable bonds is 2. The SMILES string of the molecule is Cc1ccc(-c2ccc3nnc([C@@H]4CCCN4)n3n2)cc1. The Balaban J connectivity index is 1.80. The molecule has 5 nitrogen and oxygen atoms in total. The molecule has 4 rings (SSSR count). The number of benzene rings is 1. The summed E-state index contributed by atoms with van der Waals surface area (Å²) in [6.45, 7) is 3.13. The summed E-state index contributed by atoms with van der Waals surface area (Å²) in [7, 11) is 0. The molecule has 0 aliphatic carbocycles. The average Bonchev–Trinajstić information content (AvgIpc) is 3.16. The van der Waals surface area contributed by atoms with E-state index in [1.165, 1.54) is 12.0 Å². The molecule has 5 heteroatoms. The lowest BCUT2D eigenvalue weighted by molar-refractivity contribution is 0.585. The fraction of sp³-hybridized carbons (Fsp3) is 0.312. The third kappa shape index (κ3) is 2.19. The van der Waals surface area contributed by atoms with Crippen LogP contribution in [0.25, 0.3) is 16.9 Å². The molecule has 1 aliphatic rings. The minimum Gasteiger partial charge on any atom is -0.307 e. The molecular weight excluding hydrogens is 262 g/mol. The maximum absolute atomic E-state index is 4.73. The first-order chi connectivity index (χ1) is 10.3. The van der Waals surface area contributed by atoms with E-state index in [4.69, 9.17) is 5.10 Å². The van der Waals surface area contributed by atoms with Crippen molar-refractivity contribution in [2.75, 3.05) is 6.54 Å². The summed E-state index contributed by atoms with van der Waals surface area (Å²) in [5, 5.41) is 16.7. The summed E-state index contributed by atoms with van der Waals surface area (Å²) in [6, 6.07) is 12.7.